The number of aromatic nitrogens is 1. The van der Waals surface area contributed by atoms with Gasteiger partial charge in [-0.15, -0.1) is 11.3 Å². The minimum atomic E-state index is -0.702. The number of aliphatic carboxylic acids is 1. The molecule has 1 saturated heterocycles. The molecule has 1 fully saturated rings. The lowest BCUT2D eigenvalue weighted by atomic mass is 9.96. The van der Waals surface area contributed by atoms with Crippen molar-refractivity contribution in [1.29, 1.82) is 0 Å². The standard InChI is InChI=1S/C14H22N2O2S/c1-14(2,3)11-8-15-12(19-11)9-16-7-5-4-6-10(16)13(17)18/h8,10H,4-7,9H2,1-3H3,(H,17,18). The number of carbonyl (C=O) groups is 1. The molecular weight excluding hydrogens is 260 g/mol. The number of likely N-dealkylation sites (tertiary alicyclic amines) is 1. The molecule has 2 heterocycles. The molecule has 0 saturated carbocycles. The molecule has 0 spiro atoms. The van der Waals surface area contributed by atoms with Gasteiger partial charge in [-0.2, -0.15) is 0 Å². The van der Waals surface area contributed by atoms with Crippen molar-refractivity contribution in [2.75, 3.05) is 6.54 Å². The molecule has 0 aromatic carbocycles. The number of nitrogens with zero attached hydrogens (tertiary/aromatic N) is 2. The fraction of sp³-hybridized carbons (Fsp3) is 0.714. The van der Waals surface area contributed by atoms with E-state index in [-0.39, 0.29) is 11.5 Å². The third-order valence-electron chi connectivity index (χ3n) is 3.53. The van der Waals surface area contributed by atoms with E-state index in [9.17, 15) is 9.90 Å². The van der Waals surface area contributed by atoms with Crippen molar-refractivity contribution in [3.05, 3.63) is 16.1 Å². The molecule has 5 heteroatoms. The Kier molecular flexibility index (Phi) is 4.26. The molecule has 0 amide bonds. The summed E-state index contributed by atoms with van der Waals surface area (Å²) >= 11 is 1.70. The second-order valence-corrected chi connectivity index (χ2v) is 7.30. The van der Waals surface area contributed by atoms with E-state index in [0.29, 0.717) is 6.54 Å². The first-order valence-corrected chi connectivity index (χ1v) is 7.61. The van der Waals surface area contributed by atoms with Crippen LogP contribution in [0.1, 0.15) is 49.9 Å². The van der Waals surface area contributed by atoms with Crippen LogP contribution in [0.5, 0.6) is 0 Å². The predicted molar refractivity (Wildman–Crippen MR) is 76.5 cm³/mol. The SMILES string of the molecule is CC(C)(C)c1cnc(CN2CCCCC2C(=O)O)s1. The molecule has 19 heavy (non-hydrogen) atoms. The normalized spacial score (nSPS) is 21.5. The summed E-state index contributed by atoms with van der Waals surface area (Å²) in [5, 5.41) is 10.3. The molecule has 1 unspecified atom stereocenters. The molecule has 1 N–H and O–H groups in total. The highest BCUT2D eigenvalue weighted by Gasteiger charge is 2.29. The Morgan fingerprint density at radius 3 is 2.84 bits per heavy atom. The zero-order valence-electron chi connectivity index (χ0n) is 11.8. The van der Waals surface area contributed by atoms with Gasteiger partial charge in [0.25, 0.3) is 0 Å². The zero-order valence-corrected chi connectivity index (χ0v) is 12.7. The van der Waals surface area contributed by atoms with Crippen molar-refractivity contribution in [2.45, 2.75) is 58.0 Å². The summed E-state index contributed by atoms with van der Waals surface area (Å²) in [5.74, 6) is -0.702. The third-order valence-corrected chi connectivity index (χ3v) is 4.94. The van der Waals surface area contributed by atoms with Gasteiger partial charge in [0.2, 0.25) is 0 Å². The molecule has 1 aromatic rings. The van der Waals surface area contributed by atoms with Crippen LogP contribution in [-0.4, -0.2) is 33.5 Å². The first-order chi connectivity index (χ1) is 8.88. The van der Waals surface area contributed by atoms with Crippen LogP contribution in [-0.2, 0) is 16.8 Å². The Bertz CT molecular complexity index is 451. The topological polar surface area (TPSA) is 53.4 Å². The first kappa shape index (κ1) is 14.5. The van der Waals surface area contributed by atoms with Gasteiger partial charge in [-0.25, -0.2) is 4.98 Å². The van der Waals surface area contributed by atoms with Gasteiger partial charge in [0.1, 0.15) is 11.0 Å². The molecular formula is C14H22N2O2S. The summed E-state index contributed by atoms with van der Waals surface area (Å²) < 4.78 is 0. The minimum absolute atomic E-state index is 0.115. The lowest BCUT2D eigenvalue weighted by Crippen LogP contribution is -2.43. The van der Waals surface area contributed by atoms with Crippen LogP contribution in [0, 0.1) is 0 Å². The van der Waals surface area contributed by atoms with Crippen molar-refractivity contribution in [3.8, 4) is 0 Å². The predicted octanol–water partition coefficient (Wildman–Crippen LogP) is 2.88. The van der Waals surface area contributed by atoms with E-state index in [1.165, 1.54) is 4.88 Å². The molecule has 1 aromatic heterocycles. The summed E-state index contributed by atoms with van der Waals surface area (Å²) in [5.41, 5.74) is 0.115. The van der Waals surface area contributed by atoms with Gasteiger partial charge in [0, 0.05) is 11.1 Å². The second-order valence-electron chi connectivity index (χ2n) is 6.19. The highest BCUT2D eigenvalue weighted by atomic mass is 32.1. The fourth-order valence-electron chi connectivity index (χ4n) is 2.36. The molecule has 0 radical (unpaired) electrons. The van der Waals surface area contributed by atoms with Gasteiger partial charge in [-0.3, -0.25) is 9.69 Å². The number of rotatable bonds is 3. The van der Waals surface area contributed by atoms with Crippen LogP contribution in [0.25, 0.3) is 0 Å². The van der Waals surface area contributed by atoms with Gasteiger partial charge in [-0.05, 0) is 24.8 Å². The maximum absolute atomic E-state index is 11.3. The molecule has 1 aliphatic heterocycles. The quantitative estimate of drug-likeness (QED) is 0.926. The van der Waals surface area contributed by atoms with E-state index in [0.717, 1.165) is 30.8 Å². The van der Waals surface area contributed by atoms with E-state index in [1.807, 2.05) is 6.20 Å². The van der Waals surface area contributed by atoms with E-state index in [4.69, 9.17) is 0 Å². The van der Waals surface area contributed by atoms with E-state index >= 15 is 0 Å². The molecule has 0 bridgehead atoms. The lowest BCUT2D eigenvalue weighted by Gasteiger charge is -2.32. The van der Waals surface area contributed by atoms with Crippen molar-refractivity contribution < 1.29 is 9.90 Å². The van der Waals surface area contributed by atoms with Crippen LogP contribution in [0.15, 0.2) is 6.20 Å². The summed E-state index contributed by atoms with van der Waals surface area (Å²) in [6.07, 6.45) is 4.78. The maximum Gasteiger partial charge on any atom is 0.320 e. The molecule has 1 atom stereocenters. The molecule has 0 aliphatic carbocycles. The Hall–Kier alpha value is -0.940. The van der Waals surface area contributed by atoms with Crippen LogP contribution < -0.4 is 0 Å². The summed E-state index contributed by atoms with van der Waals surface area (Å²) in [4.78, 5) is 19.0. The Balaban J connectivity index is 2.07. The Morgan fingerprint density at radius 2 is 2.26 bits per heavy atom. The average Bonchev–Trinajstić information content (AvgIpc) is 2.77. The van der Waals surface area contributed by atoms with Gasteiger partial charge >= 0.3 is 5.97 Å². The fourth-order valence-corrected chi connectivity index (χ4v) is 3.36. The van der Waals surface area contributed by atoms with Gasteiger partial charge in [-0.1, -0.05) is 27.2 Å². The Labute approximate surface area is 118 Å². The smallest absolute Gasteiger partial charge is 0.320 e. The van der Waals surface area contributed by atoms with Crippen LogP contribution in [0.4, 0.5) is 0 Å². The first-order valence-electron chi connectivity index (χ1n) is 6.80. The van der Waals surface area contributed by atoms with Crippen molar-refractivity contribution in [3.63, 3.8) is 0 Å². The highest BCUT2D eigenvalue weighted by molar-refractivity contribution is 7.11. The number of hydrogen-bond donors (Lipinski definition) is 1. The molecule has 2 rings (SSSR count). The minimum Gasteiger partial charge on any atom is -0.480 e. The second kappa shape index (κ2) is 5.59. The summed E-state index contributed by atoms with van der Waals surface area (Å²) in [7, 11) is 0. The monoisotopic (exact) mass is 282 g/mol. The highest BCUT2D eigenvalue weighted by Crippen LogP contribution is 2.29. The lowest BCUT2D eigenvalue weighted by molar-refractivity contribution is -0.144. The van der Waals surface area contributed by atoms with E-state index in [2.05, 4.69) is 30.7 Å². The van der Waals surface area contributed by atoms with Gasteiger partial charge in [0.05, 0.1) is 6.54 Å². The summed E-state index contributed by atoms with van der Waals surface area (Å²) in [6.45, 7) is 8.04. The van der Waals surface area contributed by atoms with E-state index in [1.54, 1.807) is 11.3 Å². The van der Waals surface area contributed by atoms with Crippen LogP contribution in [0.3, 0.4) is 0 Å². The summed E-state index contributed by atoms with van der Waals surface area (Å²) in [6, 6.07) is -0.337. The third kappa shape index (κ3) is 3.54. The number of thiazole rings is 1. The number of carboxylic acids is 1. The Morgan fingerprint density at radius 1 is 1.53 bits per heavy atom. The van der Waals surface area contributed by atoms with Gasteiger partial charge in [0.15, 0.2) is 0 Å². The van der Waals surface area contributed by atoms with Gasteiger partial charge < -0.3 is 5.11 Å². The zero-order chi connectivity index (χ0) is 14.0. The number of hydrogen-bond acceptors (Lipinski definition) is 4. The van der Waals surface area contributed by atoms with Crippen LogP contribution in [0.2, 0.25) is 0 Å². The molecule has 106 valence electrons. The maximum atomic E-state index is 11.3. The number of carboxylic acid groups (broad SMARTS) is 1. The van der Waals surface area contributed by atoms with Crippen molar-refractivity contribution in [2.24, 2.45) is 0 Å². The molecule has 4 nitrogen and oxygen atoms in total. The van der Waals surface area contributed by atoms with E-state index < -0.39 is 5.97 Å². The molecule has 1 aliphatic rings. The largest absolute Gasteiger partial charge is 0.480 e. The number of piperidine rings is 1. The van der Waals surface area contributed by atoms with Crippen molar-refractivity contribution in [1.82, 2.24) is 9.88 Å². The van der Waals surface area contributed by atoms with Crippen molar-refractivity contribution >= 4 is 17.3 Å². The average molecular weight is 282 g/mol. The van der Waals surface area contributed by atoms with Crippen LogP contribution >= 0.6 is 11.3 Å².